The van der Waals surface area contributed by atoms with Crippen LogP contribution in [0.3, 0.4) is 0 Å². The molecule has 0 atom stereocenters. The maximum Gasteiger partial charge on any atom is 0.166 e. The molecule has 0 fully saturated rings. The Morgan fingerprint density at radius 3 is 1.81 bits per heavy atom. The van der Waals surface area contributed by atoms with Crippen LogP contribution in [0.25, 0.3) is 100 Å². The third-order valence-electron chi connectivity index (χ3n) is 11.2. The summed E-state index contributed by atoms with van der Waals surface area (Å²) in [5, 5.41) is 6.15. The summed E-state index contributed by atoms with van der Waals surface area (Å²) in [6.45, 7) is 0. The average molecular weight is 746 g/mol. The van der Waals surface area contributed by atoms with E-state index in [4.69, 9.17) is 15.0 Å². The molecule has 6 heteroatoms. The van der Waals surface area contributed by atoms with Gasteiger partial charge in [-0.2, -0.15) is 0 Å². The topological polar surface area (TPSA) is 48.5 Å². The Morgan fingerprint density at radius 2 is 0.947 bits per heavy atom. The van der Waals surface area contributed by atoms with Gasteiger partial charge < -0.3 is 0 Å². The summed E-state index contributed by atoms with van der Waals surface area (Å²) in [7, 11) is 0. The van der Waals surface area contributed by atoms with E-state index in [1.165, 1.54) is 53.5 Å². The summed E-state index contributed by atoms with van der Waals surface area (Å²) in [6, 6.07) is 66.5. The summed E-state index contributed by atoms with van der Waals surface area (Å²) in [6.07, 6.45) is 0. The second-order valence-corrected chi connectivity index (χ2v) is 15.5. The highest BCUT2D eigenvalue weighted by Gasteiger charge is 2.28. The van der Waals surface area contributed by atoms with Crippen LogP contribution < -0.4 is 0 Å². The van der Waals surface area contributed by atoms with E-state index in [0.717, 1.165) is 39.1 Å². The van der Waals surface area contributed by atoms with Crippen molar-refractivity contribution in [2.45, 2.75) is 9.79 Å². The Labute approximate surface area is 332 Å². The zero-order valence-corrected chi connectivity index (χ0v) is 31.4. The number of aromatic nitrogens is 5. The lowest BCUT2D eigenvalue weighted by atomic mass is 9.97. The highest BCUT2D eigenvalue weighted by molar-refractivity contribution is 7.99. The van der Waals surface area contributed by atoms with Gasteiger partial charge in [0, 0.05) is 42.6 Å². The zero-order valence-electron chi connectivity index (χ0n) is 30.5. The number of hydrogen-bond acceptors (Lipinski definition) is 4. The molecular weight excluding hydrogens is 715 g/mol. The van der Waals surface area contributed by atoms with E-state index in [2.05, 4.69) is 179 Å². The molecule has 4 heterocycles. The molecule has 11 aromatic rings. The maximum absolute atomic E-state index is 5.28. The van der Waals surface area contributed by atoms with Gasteiger partial charge in [-0.15, -0.1) is 0 Å². The largest absolute Gasteiger partial charge is 0.294 e. The molecule has 0 saturated heterocycles. The molecular formula is C51H31N5S. The SMILES string of the molecule is c1ccc(-c2nc(-c3ccc(-c4cccc5ccccc45)cc3)nc(-c3ccccc3-n3c4ccccc4c4c5cccc6c5n(c43)-c3ccccc3S6)n2)cc1. The normalized spacial score (nSPS) is 12.1. The van der Waals surface area contributed by atoms with Crippen molar-refractivity contribution in [2.75, 3.05) is 0 Å². The number of fused-ring (bicyclic) bond motifs is 8. The van der Waals surface area contributed by atoms with Crippen LogP contribution in [0.2, 0.25) is 0 Å². The Hall–Kier alpha value is -7.28. The molecule has 1 aliphatic rings. The molecule has 5 nitrogen and oxygen atoms in total. The van der Waals surface area contributed by atoms with Crippen LogP contribution in [-0.4, -0.2) is 24.1 Å². The minimum atomic E-state index is 0.616. The van der Waals surface area contributed by atoms with Crippen molar-refractivity contribution < 1.29 is 0 Å². The number of rotatable bonds is 5. The number of hydrogen-bond donors (Lipinski definition) is 0. The lowest BCUT2D eigenvalue weighted by Crippen LogP contribution is -2.07. The summed E-state index contributed by atoms with van der Waals surface area (Å²) in [5.74, 6) is 1.87. The van der Waals surface area contributed by atoms with Gasteiger partial charge in [-0.1, -0.05) is 163 Å². The van der Waals surface area contributed by atoms with Gasteiger partial charge in [0.2, 0.25) is 0 Å². The van der Waals surface area contributed by atoms with Crippen LogP contribution in [0, 0.1) is 0 Å². The van der Waals surface area contributed by atoms with E-state index < -0.39 is 0 Å². The standard InChI is InChI=1S/C51H31N5S/c1-2-15-34(16-3-1)48-52-49(35-30-28-33(29-31-35)37-21-12-17-32-14-4-5-18-36(32)37)54-50(53-48)39-20-7-9-24-42(39)55-41-23-8-6-19-38(41)46-40-22-13-27-45-47(40)56(51(46)55)43-25-10-11-26-44(43)57-45/h1-31H. The van der Waals surface area contributed by atoms with Crippen molar-refractivity contribution in [1.82, 2.24) is 24.1 Å². The van der Waals surface area contributed by atoms with Crippen molar-refractivity contribution in [3.8, 4) is 56.7 Å². The van der Waals surface area contributed by atoms with E-state index in [0.29, 0.717) is 17.5 Å². The van der Waals surface area contributed by atoms with E-state index in [1.807, 2.05) is 30.0 Å². The second kappa shape index (κ2) is 12.6. The monoisotopic (exact) mass is 745 g/mol. The van der Waals surface area contributed by atoms with E-state index >= 15 is 0 Å². The fourth-order valence-corrected chi connectivity index (χ4v) is 9.74. The number of nitrogens with zero attached hydrogens (tertiary/aromatic N) is 5. The van der Waals surface area contributed by atoms with Crippen LogP contribution in [0.1, 0.15) is 0 Å². The van der Waals surface area contributed by atoms with E-state index in [1.54, 1.807) is 0 Å². The molecule has 12 rings (SSSR count). The summed E-state index contributed by atoms with van der Waals surface area (Å²) < 4.78 is 4.88. The van der Waals surface area contributed by atoms with Gasteiger partial charge in [0.05, 0.1) is 22.4 Å². The highest BCUT2D eigenvalue weighted by atomic mass is 32.2. The molecule has 0 spiro atoms. The molecule has 0 amide bonds. The first-order valence-electron chi connectivity index (χ1n) is 19.1. The Balaban J connectivity index is 1.09. The van der Waals surface area contributed by atoms with E-state index in [9.17, 15) is 0 Å². The lowest BCUT2D eigenvalue weighted by Gasteiger charge is -2.21. The Morgan fingerprint density at radius 1 is 0.368 bits per heavy atom. The lowest BCUT2D eigenvalue weighted by molar-refractivity contribution is 1.02. The molecule has 57 heavy (non-hydrogen) atoms. The fourth-order valence-electron chi connectivity index (χ4n) is 8.65. The predicted molar refractivity (Wildman–Crippen MR) is 234 cm³/mol. The van der Waals surface area contributed by atoms with Gasteiger partial charge in [0.1, 0.15) is 5.65 Å². The van der Waals surface area contributed by atoms with Crippen LogP contribution in [0.4, 0.5) is 0 Å². The smallest absolute Gasteiger partial charge is 0.166 e. The van der Waals surface area contributed by atoms with Crippen molar-refractivity contribution in [2.24, 2.45) is 0 Å². The minimum absolute atomic E-state index is 0.616. The van der Waals surface area contributed by atoms with Gasteiger partial charge in [-0.05, 0) is 58.3 Å². The molecule has 3 aromatic heterocycles. The highest BCUT2D eigenvalue weighted by Crippen LogP contribution is 2.50. The van der Waals surface area contributed by atoms with Crippen LogP contribution in [0.5, 0.6) is 0 Å². The summed E-state index contributed by atoms with van der Waals surface area (Å²) in [4.78, 5) is 18.1. The van der Waals surface area contributed by atoms with Crippen molar-refractivity contribution in [1.29, 1.82) is 0 Å². The van der Waals surface area contributed by atoms with Gasteiger partial charge in [-0.25, -0.2) is 15.0 Å². The molecule has 0 unspecified atom stereocenters. The minimum Gasteiger partial charge on any atom is -0.294 e. The van der Waals surface area contributed by atoms with Crippen molar-refractivity contribution in [3.63, 3.8) is 0 Å². The first-order valence-corrected chi connectivity index (χ1v) is 19.9. The molecule has 266 valence electrons. The Bertz CT molecular complexity index is 3380. The molecule has 0 aliphatic carbocycles. The first kappa shape index (κ1) is 32.0. The molecule has 0 N–H and O–H groups in total. The van der Waals surface area contributed by atoms with Crippen molar-refractivity contribution >= 4 is 55.4 Å². The van der Waals surface area contributed by atoms with Gasteiger partial charge in [0.25, 0.3) is 0 Å². The molecule has 0 radical (unpaired) electrons. The molecule has 8 aromatic carbocycles. The maximum atomic E-state index is 5.28. The average Bonchev–Trinajstić information content (AvgIpc) is 3.80. The van der Waals surface area contributed by atoms with Crippen molar-refractivity contribution in [3.05, 3.63) is 188 Å². The van der Waals surface area contributed by atoms with Crippen LogP contribution in [0.15, 0.2) is 198 Å². The fraction of sp³-hybridized carbons (Fsp3) is 0. The first-order chi connectivity index (χ1) is 28.3. The second-order valence-electron chi connectivity index (χ2n) is 14.4. The van der Waals surface area contributed by atoms with Crippen LogP contribution in [-0.2, 0) is 0 Å². The summed E-state index contributed by atoms with van der Waals surface area (Å²) >= 11 is 1.84. The van der Waals surface area contributed by atoms with Gasteiger partial charge in [-0.3, -0.25) is 9.13 Å². The summed E-state index contributed by atoms with van der Waals surface area (Å²) in [5.41, 5.74) is 10.8. The zero-order chi connectivity index (χ0) is 37.5. The Kier molecular flexibility index (Phi) is 7.09. The third-order valence-corrected chi connectivity index (χ3v) is 12.3. The quantitative estimate of drug-likeness (QED) is 0.176. The molecule has 0 bridgehead atoms. The molecule has 1 aliphatic heterocycles. The number of benzene rings is 8. The predicted octanol–water partition coefficient (Wildman–Crippen LogP) is 13.2. The third kappa shape index (κ3) is 4.94. The van der Waals surface area contributed by atoms with Crippen LogP contribution >= 0.6 is 11.8 Å². The number of para-hydroxylation sites is 4. The van der Waals surface area contributed by atoms with E-state index in [-0.39, 0.29) is 0 Å². The van der Waals surface area contributed by atoms with Gasteiger partial charge >= 0.3 is 0 Å². The van der Waals surface area contributed by atoms with Gasteiger partial charge in [0.15, 0.2) is 17.5 Å². The molecule has 0 saturated carbocycles.